The molecule has 0 aliphatic carbocycles. The number of guanidine groups is 2. The third kappa shape index (κ3) is 6.88. The number of nitrogens with two attached hydrogens (primary N) is 2. The summed E-state index contributed by atoms with van der Waals surface area (Å²) in [5.41, 5.74) is 11.7. The molecule has 0 aromatic heterocycles. The zero-order valence-electron chi connectivity index (χ0n) is 10.9. The van der Waals surface area contributed by atoms with Gasteiger partial charge in [-0.3, -0.25) is 0 Å². The number of hydrogen-bond donors (Lipinski definition) is 2. The van der Waals surface area contributed by atoms with Crippen molar-refractivity contribution in [2.75, 3.05) is 28.2 Å². The average molecular weight is 240 g/mol. The summed E-state index contributed by atoms with van der Waals surface area (Å²) in [6, 6.07) is 0. The molecule has 0 rings (SSSR count). The van der Waals surface area contributed by atoms with Crippen molar-refractivity contribution in [3.05, 3.63) is 0 Å². The maximum absolute atomic E-state index is 5.55. The van der Waals surface area contributed by atoms with E-state index in [1.807, 2.05) is 0 Å². The van der Waals surface area contributed by atoms with Crippen LogP contribution in [0.1, 0.15) is 6.92 Å². The Morgan fingerprint density at radius 1 is 0.882 bits per heavy atom. The molecular weight excluding hydrogens is 220 g/mol. The van der Waals surface area contributed by atoms with Crippen LogP contribution in [-0.4, -0.2) is 61.8 Å². The summed E-state index contributed by atoms with van der Waals surface area (Å²) in [7, 11) is 7.11. The van der Waals surface area contributed by atoms with E-state index in [0.29, 0.717) is 17.6 Å². The van der Waals surface area contributed by atoms with Gasteiger partial charge in [0, 0.05) is 28.2 Å². The van der Waals surface area contributed by atoms with Crippen molar-refractivity contribution < 1.29 is 0 Å². The largest absolute Gasteiger partial charge is 0.368 e. The highest BCUT2D eigenvalue weighted by atomic mass is 15.3. The first-order valence-corrected chi connectivity index (χ1v) is 4.93. The topological polar surface area (TPSA) is 108 Å². The Bertz CT molecular complexity index is 350. The maximum Gasteiger partial charge on any atom is 0.215 e. The fourth-order valence-electron chi connectivity index (χ4n) is 0.506. The van der Waals surface area contributed by atoms with Gasteiger partial charge in [0.2, 0.25) is 11.9 Å². The molecule has 0 heterocycles. The van der Waals surface area contributed by atoms with Crippen LogP contribution in [0.2, 0.25) is 0 Å². The number of hydrogen-bond acceptors (Lipinski definition) is 4. The first kappa shape index (κ1) is 14.9. The second kappa shape index (κ2) is 7.20. The molecule has 0 saturated heterocycles. The summed E-state index contributed by atoms with van der Waals surface area (Å²) in [4.78, 5) is 3.29. The van der Waals surface area contributed by atoms with E-state index in [2.05, 4.69) is 20.4 Å². The standard InChI is InChI=1S/C9H20N8/c1-7(13-15-9(11)17(4)5)6-12-14-8(10)16(2)3/h6H,1-5H3,(H2,10,14)(H2,11,15)/b12-6?,13-7+. The van der Waals surface area contributed by atoms with E-state index in [9.17, 15) is 0 Å². The molecule has 8 heteroatoms. The van der Waals surface area contributed by atoms with Gasteiger partial charge in [0.05, 0.1) is 11.9 Å². The zero-order valence-corrected chi connectivity index (χ0v) is 10.9. The molecule has 0 aromatic rings. The predicted molar refractivity (Wildman–Crippen MR) is 72.2 cm³/mol. The Morgan fingerprint density at radius 3 is 1.82 bits per heavy atom. The van der Waals surface area contributed by atoms with Crippen molar-refractivity contribution in [1.29, 1.82) is 0 Å². The molecule has 8 nitrogen and oxygen atoms in total. The lowest BCUT2D eigenvalue weighted by molar-refractivity contribution is 0.611. The molecule has 0 amide bonds. The van der Waals surface area contributed by atoms with Crippen LogP contribution >= 0.6 is 0 Å². The minimum Gasteiger partial charge on any atom is -0.368 e. The van der Waals surface area contributed by atoms with E-state index in [1.165, 1.54) is 6.21 Å². The van der Waals surface area contributed by atoms with Crippen LogP contribution in [0.4, 0.5) is 0 Å². The predicted octanol–water partition coefficient (Wildman–Crippen LogP) is -0.899. The molecule has 0 bridgehead atoms. The Hall–Kier alpha value is -2.12. The van der Waals surface area contributed by atoms with E-state index < -0.39 is 0 Å². The zero-order chi connectivity index (χ0) is 13.4. The fourth-order valence-corrected chi connectivity index (χ4v) is 0.506. The van der Waals surface area contributed by atoms with Gasteiger partial charge in [0.1, 0.15) is 0 Å². The number of rotatable bonds is 3. The van der Waals surface area contributed by atoms with Gasteiger partial charge in [-0.25, -0.2) is 0 Å². The number of nitrogens with zero attached hydrogens (tertiary/aromatic N) is 6. The monoisotopic (exact) mass is 240 g/mol. The van der Waals surface area contributed by atoms with Gasteiger partial charge in [0.15, 0.2) is 0 Å². The molecule has 0 aromatic carbocycles. The molecule has 17 heavy (non-hydrogen) atoms. The summed E-state index contributed by atoms with van der Waals surface area (Å²) in [6.45, 7) is 1.73. The summed E-state index contributed by atoms with van der Waals surface area (Å²) >= 11 is 0. The van der Waals surface area contributed by atoms with E-state index in [4.69, 9.17) is 11.5 Å². The Morgan fingerprint density at radius 2 is 1.35 bits per heavy atom. The highest BCUT2D eigenvalue weighted by Crippen LogP contribution is 1.82. The van der Waals surface area contributed by atoms with Gasteiger partial charge < -0.3 is 21.3 Å². The smallest absolute Gasteiger partial charge is 0.215 e. The van der Waals surface area contributed by atoms with Gasteiger partial charge in [-0.05, 0) is 6.92 Å². The van der Waals surface area contributed by atoms with Crippen LogP contribution in [0.3, 0.4) is 0 Å². The maximum atomic E-state index is 5.55. The third-order valence-electron chi connectivity index (χ3n) is 1.63. The molecule has 0 saturated carbocycles. The Kier molecular flexibility index (Phi) is 6.30. The lowest BCUT2D eigenvalue weighted by Crippen LogP contribution is -2.30. The van der Waals surface area contributed by atoms with Crippen LogP contribution in [0, 0.1) is 0 Å². The Balaban J connectivity index is 4.50. The molecule has 0 aliphatic rings. The molecule has 0 spiro atoms. The van der Waals surface area contributed by atoms with Crippen LogP contribution in [0.25, 0.3) is 0 Å². The first-order valence-electron chi connectivity index (χ1n) is 4.93. The highest BCUT2D eigenvalue weighted by molar-refractivity contribution is 6.29. The molecule has 0 unspecified atom stereocenters. The van der Waals surface area contributed by atoms with Crippen LogP contribution in [-0.2, 0) is 0 Å². The van der Waals surface area contributed by atoms with E-state index >= 15 is 0 Å². The summed E-state index contributed by atoms with van der Waals surface area (Å²) in [6.07, 6.45) is 1.45. The molecular formula is C9H20N8. The molecule has 0 atom stereocenters. The normalized spacial score (nSPS) is 14.3. The SMILES string of the molecule is C/C(C=NN=C(N)N(C)C)=N\N=C(N)N(C)C. The van der Waals surface area contributed by atoms with E-state index in [1.54, 1.807) is 44.9 Å². The minimum atomic E-state index is 0.311. The van der Waals surface area contributed by atoms with Gasteiger partial charge in [-0.1, -0.05) is 0 Å². The lowest BCUT2D eigenvalue weighted by Gasteiger charge is -2.08. The van der Waals surface area contributed by atoms with Gasteiger partial charge in [0.25, 0.3) is 0 Å². The molecule has 4 N–H and O–H groups in total. The first-order chi connectivity index (χ1) is 7.84. The van der Waals surface area contributed by atoms with Crippen molar-refractivity contribution in [2.24, 2.45) is 31.9 Å². The van der Waals surface area contributed by atoms with Crippen LogP contribution in [0.5, 0.6) is 0 Å². The van der Waals surface area contributed by atoms with Gasteiger partial charge in [-0.2, -0.15) is 10.2 Å². The van der Waals surface area contributed by atoms with E-state index in [0.717, 1.165) is 0 Å². The summed E-state index contributed by atoms with van der Waals surface area (Å²) < 4.78 is 0. The fraction of sp³-hybridized carbons (Fsp3) is 0.556. The summed E-state index contributed by atoms with van der Waals surface area (Å²) in [5, 5.41) is 15.1. The van der Waals surface area contributed by atoms with Gasteiger partial charge in [-0.15, -0.1) is 10.2 Å². The molecule has 0 fully saturated rings. The van der Waals surface area contributed by atoms with Gasteiger partial charge >= 0.3 is 0 Å². The molecule has 96 valence electrons. The van der Waals surface area contributed by atoms with Crippen molar-refractivity contribution in [2.45, 2.75) is 6.92 Å². The van der Waals surface area contributed by atoms with Crippen molar-refractivity contribution in [3.8, 4) is 0 Å². The minimum absolute atomic E-state index is 0.311. The average Bonchev–Trinajstić information content (AvgIpc) is 2.25. The molecule has 0 aliphatic heterocycles. The van der Waals surface area contributed by atoms with Crippen molar-refractivity contribution in [3.63, 3.8) is 0 Å². The third-order valence-corrected chi connectivity index (χ3v) is 1.63. The quantitative estimate of drug-likeness (QED) is 0.378. The van der Waals surface area contributed by atoms with E-state index in [-0.39, 0.29) is 0 Å². The van der Waals surface area contributed by atoms with Crippen molar-refractivity contribution in [1.82, 2.24) is 9.80 Å². The van der Waals surface area contributed by atoms with Crippen LogP contribution in [0.15, 0.2) is 20.4 Å². The second-order valence-corrected chi connectivity index (χ2v) is 3.69. The van der Waals surface area contributed by atoms with Crippen LogP contribution < -0.4 is 11.5 Å². The molecule has 0 radical (unpaired) electrons. The second-order valence-electron chi connectivity index (χ2n) is 3.69. The summed E-state index contributed by atoms with van der Waals surface area (Å²) in [5.74, 6) is 0.624. The Labute approximate surface area is 101 Å². The van der Waals surface area contributed by atoms with Crippen molar-refractivity contribution >= 4 is 23.8 Å². The lowest BCUT2D eigenvalue weighted by atomic mass is 10.5. The highest BCUT2D eigenvalue weighted by Gasteiger charge is 1.93.